The van der Waals surface area contributed by atoms with Gasteiger partial charge in [0.15, 0.2) is 0 Å². The van der Waals surface area contributed by atoms with Gasteiger partial charge in [0.2, 0.25) is 0 Å². The minimum absolute atomic E-state index is 0.569. The van der Waals surface area contributed by atoms with Gasteiger partial charge in [-0.2, -0.15) is 5.10 Å². The van der Waals surface area contributed by atoms with Crippen LogP contribution in [0.3, 0.4) is 0 Å². The van der Waals surface area contributed by atoms with Gasteiger partial charge in [-0.15, -0.1) is 0 Å². The lowest BCUT2D eigenvalue weighted by molar-refractivity contribution is 0.266. The van der Waals surface area contributed by atoms with Crippen LogP contribution in [0, 0.1) is 9.62 Å². The molecular weight excluding hydrogens is 310 g/mol. The van der Waals surface area contributed by atoms with Gasteiger partial charge in [0.05, 0.1) is 11.1 Å². The maximum Gasteiger partial charge on any atom is 0.141 e. The van der Waals surface area contributed by atoms with Crippen LogP contribution in [0.15, 0.2) is 6.20 Å². The molecule has 0 aromatic carbocycles. The smallest absolute Gasteiger partial charge is 0.141 e. The minimum Gasteiger partial charge on any atom is -0.267 e. The normalized spacial score (nSPS) is 27.9. The molecule has 0 aliphatic heterocycles. The van der Waals surface area contributed by atoms with Crippen molar-refractivity contribution in [2.24, 2.45) is 5.92 Å². The number of rotatable bonds is 1. The maximum atomic E-state index is 5.99. The zero-order chi connectivity index (χ0) is 10.1. The Morgan fingerprint density at radius 2 is 2.36 bits per heavy atom. The van der Waals surface area contributed by atoms with Crippen LogP contribution in [0.2, 0.25) is 5.02 Å². The zero-order valence-corrected chi connectivity index (χ0v) is 11.1. The number of hydrogen-bond donors (Lipinski definition) is 0. The van der Waals surface area contributed by atoms with Gasteiger partial charge in [-0.3, -0.25) is 4.68 Å². The third-order valence-electron chi connectivity index (χ3n) is 2.93. The lowest BCUT2D eigenvalue weighted by Crippen LogP contribution is -2.18. The molecule has 14 heavy (non-hydrogen) atoms. The van der Waals surface area contributed by atoms with E-state index in [1.54, 1.807) is 0 Å². The Balaban J connectivity index is 2.14. The Bertz CT molecular complexity index is 304. The highest BCUT2D eigenvalue weighted by molar-refractivity contribution is 14.1. The molecule has 1 aromatic rings. The molecular formula is C10H14ClIN2. The highest BCUT2D eigenvalue weighted by Gasteiger charge is 2.21. The van der Waals surface area contributed by atoms with E-state index in [0.29, 0.717) is 6.04 Å². The second-order valence-corrected chi connectivity index (χ2v) is 5.60. The monoisotopic (exact) mass is 324 g/mol. The quantitative estimate of drug-likeness (QED) is 0.717. The van der Waals surface area contributed by atoms with Crippen molar-refractivity contribution in [2.75, 3.05) is 0 Å². The standard InChI is InChI=1S/C10H14ClIN2/c1-7-3-2-4-8(5-7)14-6-9(11)10(12)13-14/h6-8H,2-5H2,1H3. The topological polar surface area (TPSA) is 17.8 Å². The van der Waals surface area contributed by atoms with Crippen LogP contribution in [0.1, 0.15) is 38.6 Å². The average molecular weight is 325 g/mol. The molecule has 1 fully saturated rings. The molecule has 2 atom stereocenters. The summed E-state index contributed by atoms with van der Waals surface area (Å²) in [6.45, 7) is 2.32. The molecule has 0 radical (unpaired) electrons. The molecule has 0 N–H and O–H groups in total. The first-order valence-corrected chi connectivity index (χ1v) is 6.52. The van der Waals surface area contributed by atoms with E-state index in [4.69, 9.17) is 11.6 Å². The van der Waals surface area contributed by atoms with Crippen LogP contribution in [-0.2, 0) is 0 Å². The number of hydrogen-bond acceptors (Lipinski definition) is 1. The van der Waals surface area contributed by atoms with Crippen molar-refractivity contribution < 1.29 is 0 Å². The molecule has 78 valence electrons. The fourth-order valence-corrected chi connectivity index (χ4v) is 2.70. The van der Waals surface area contributed by atoms with Gasteiger partial charge >= 0.3 is 0 Å². The molecule has 0 bridgehead atoms. The summed E-state index contributed by atoms with van der Waals surface area (Å²) >= 11 is 8.18. The van der Waals surface area contributed by atoms with E-state index in [0.717, 1.165) is 14.6 Å². The molecule has 2 nitrogen and oxygen atoms in total. The summed E-state index contributed by atoms with van der Waals surface area (Å²) in [6, 6.07) is 0.569. The predicted octanol–water partition coefficient (Wildman–Crippen LogP) is 3.89. The number of aromatic nitrogens is 2. The van der Waals surface area contributed by atoms with Crippen molar-refractivity contribution in [1.29, 1.82) is 0 Å². The Morgan fingerprint density at radius 3 is 2.93 bits per heavy atom. The molecule has 4 heteroatoms. The van der Waals surface area contributed by atoms with Crippen molar-refractivity contribution in [1.82, 2.24) is 9.78 Å². The van der Waals surface area contributed by atoms with Crippen LogP contribution in [0.4, 0.5) is 0 Å². The van der Waals surface area contributed by atoms with E-state index >= 15 is 0 Å². The highest BCUT2D eigenvalue weighted by Crippen LogP contribution is 2.32. The van der Waals surface area contributed by atoms with E-state index < -0.39 is 0 Å². The van der Waals surface area contributed by atoms with Crippen LogP contribution < -0.4 is 0 Å². The summed E-state index contributed by atoms with van der Waals surface area (Å²) in [6.07, 6.45) is 7.14. The first kappa shape index (κ1) is 10.7. The summed E-state index contributed by atoms with van der Waals surface area (Å²) in [5.41, 5.74) is 0. The Labute approximate surface area is 103 Å². The van der Waals surface area contributed by atoms with E-state index in [1.807, 2.05) is 6.20 Å². The molecule has 0 spiro atoms. The van der Waals surface area contributed by atoms with Crippen LogP contribution in [0.25, 0.3) is 0 Å². The molecule has 1 aromatic heterocycles. The lowest BCUT2D eigenvalue weighted by atomic mass is 9.87. The van der Waals surface area contributed by atoms with Crippen molar-refractivity contribution in [2.45, 2.75) is 38.6 Å². The third kappa shape index (κ3) is 2.24. The van der Waals surface area contributed by atoms with Crippen molar-refractivity contribution in [3.05, 3.63) is 14.9 Å². The summed E-state index contributed by atoms with van der Waals surface area (Å²) in [5, 5.41) is 5.22. The SMILES string of the molecule is CC1CCCC(n2cc(Cl)c(I)n2)C1. The number of nitrogens with zero attached hydrogens (tertiary/aromatic N) is 2. The van der Waals surface area contributed by atoms with Gasteiger partial charge < -0.3 is 0 Å². The summed E-state index contributed by atoms with van der Waals surface area (Å²) in [5.74, 6) is 0.828. The summed E-state index contributed by atoms with van der Waals surface area (Å²) in [4.78, 5) is 0. The molecule has 1 heterocycles. The fourth-order valence-electron chi connectivity index (χ4n) is 2.18. The van der Waals surface area contributed by atoms with Gasteiger partial charge in [-0.1, -0.05) is 31.4 Å². The molecule has 2 rings (SSSR count). The van der Waals surface area contributed by atoms with Crippen molar-refractivity contribution in [3.8, 4) is 0 Å². The second kappa shape index (κ2) is 4.39. The van der Waals surface area contributed by atoms with Crippen molar-refractivity contribution >= 4 is 34.2 Å². The van der Waals surface area contributed by atoms with Gasteiger partial charge in [0, 0.05) is 6.20 Å². The molecule has 1 aliphatic carbocycles. The lowest BCUT2D eigenvalue weighted by Gasteiger charge is -2.26. The first-order valence-electron chi connectivity index (χ1n) is 5.07. The maximum absolute atomic E-state index is 5.99. The van der Waals surface area contributed by atoms with E-state index in [9.17, 15) is 0 Å². The summed E-state index contributed by atoms with van der Waals surface area (Å²) in [7, 11) is 0. The third-order valence-corrected chi connectivity index (χ3v) is 4.32. The fraction of sp³-hybridized carbons (Fsp3) is 0.700. The van der Waals surface area contributed by atoms with E-state index in [2.05, 4.69) is 39.3 Å². The highest BCUT2D eigenvalue weighted by atomic mass is 127. The Kier molecular flexibility index (Phi) is 3.37. The molecule has 2 unspecified atom stereocenters. The Morgan fingerprint density at radius 1 is 1.57 bits per heavy atom. The van der Waals surface area contributed by atoms with Crippen molar-refractivity contribution in [3.63, 3.8) is 0 Å². The molecule has 1 saturated carbocycles. The summed E-state index contributed by atoms with van der Waals surface area (Å²) < 4.78 is 2.97. The van der Waals surface area contributed by atoms with Crippen LogP contribution >= 0.6 is 34.2 Å². The van der Waals surface area contributed by atoms with E-state index in [1.165, 1.54) is 25.7 Å². The predicted molar refractivity (Wildman–Crippen MR) is 66.6 cm³/mol. The second-order valence-electron chi connectivity index (χ2n) is 4.17. The number of halogens is 2. The first-order chi connectivity index (χ1) is 6.66. The molecule has 0 amide bonds. The average Bonchev–Trinajstić information content (AvgIpc) is 2.47. The molecule has 0 saturated heterocycles. The minimum atomic E-state index is 0.569. The largest absolute Gasteiger partial charge is 0.267 e. The van der Waals surface area contributed by atoms with Crippen LogP contribution in [0.5, 0.6) is 0 Å². The van der Waals surface area contributed by atoms with E-state index in [-0.39, 0.29) is 0 Å². The zero-order valence-electron chi connectivity index (χ0n) is 8.21. The van der Waals surface area contributed by atoms with Crippen LogP contribution in [-0.4, -0.2) is 9.78 Å². The van der Waals surface area contributed by atoms with Gasteiger partial charge in [-0.05, 0) is 41.4 Å². The molecule has 1 aliphatic rings. The Hall–Kier alpha value is 0.230. The van der Waals surface area contributed by atoms with Gasteiger partial charge in [0.1, 0.15) is 3.70 Å². The van der Waals surface area contributed by atoms with Gasteiger partial charge in [-0.25, -0.2) is 0 Å². The van der Waals surface area contributed by atoms with Gasteiger partial charge in [0.25, 0.3) is 0 Å².